The molecule has 0 saturated heterocycles. The van der Waals surface area contributed by atoms with E-state index in [0.29, 0.717) is 36.0 Å². The number of nitrogens with zero attached hydrogens (tertiary/aromatic N) is 1. The zero-order valence-corrected chi connectivity index (χ0v) is 16.5. The van der Waals surface area contributed by atoms with Gasteiger partial charge in [0.2, 0.25) is 0 Å². The predicted octanol–water partition coefficient (Wildman–Crippen LogP) is 1.66. The fourth-order valence-electron chi connectivity index (χ4n) is 3.10. The molecular weight excluding hydrogens is 362 g/mol. The Bertz CT molecular complexity index is 952. The summed E-state index contributed by atoms with van der Waals surface area (Å²) in [5, 5.41) is 11.4. The molecule has 0 radical (unpaired) electrons. The van der Waals surface area contributed by atoms with Gasteiger partial charge in [-0.25, -0.2) is 4.79 Å². The quantitative estimate of drug-likeness (QED) is 0.732. The van der Waals surface area contributed by atoms with Crippen molar-refractivity contribution in [2.24, 2.45) is 0 Å². The van der Waals surface area contributed by atoms with Gasteiger partial charge in [0, 0.05) is 28.8 Å². The molecule has 1 unspecified atom stereocenters. The summed E-state index contributed by atoms with van der Waals surface area (Å²) >= 11 is 1.68. The molecule has 1 heterocycles. The maximum atomic E-state index is 11.3. The molecule has 3 rings (SSSR count). The van der Waals surface area contributed by atoms with Crippen LogP contribution in [0, 0.1) is 0 Å². The van der Waals surface area contributed by atoms with Gasteiger partial charge in [-0.15, -0.1) is 11.8 Å². The monoisotopic (exact) mass is 385 g/mol. The Labute approximate surface area is 162 Å². The number of phenols is 1. The minimum Gasteiger partial charge on any atom is -0.506 e. The summed E-state index contributed by atoms with van der Waals surface area (Å²) in [5.41, 5.74) is 0.631. The molecule has 1 atom stereocenters. The molecule has 2 aromatic carbocycles. The van der Waals surface area contributed by atoms with Gasteiger partial charge in [0.25, 0.3) is 0 Å². The van der Waals surface area contributed by atoms with Gasteiger partial charge in [-0.3, -0.25) is 0 Å². The lowest BCUT2D eigenvalue weighted by Gasteiger charge is -2.15. The van der Waals surface area contributed by atoms with Crippen molar-refractivity contribution in [3.8, 4) is 11.5 Å². The largest absolute Gasteiger partial charge is 0.506 e. The molecule has 0 aliphatic carbocycles. The molecule has 1 aliphatic heterocycles. The van der Waals surface area contributed by atoms with E-state index in [4.69, 9.17) is 9.47 Å². The van der Waals surface area contributed by atoms with E-state index in [1.54, 1.807) is 23.8 Å². The van der Waals surface area contributed by atoms with Gasteiger partial charge in [-0.1, -0.05) is 18.2 Å². The van der Waals surface area contributed by atoms with E-state index in [1.165, 1.54) is 0 Å². The molecule has 142 valence electrons. The van der Waals surface area contributed by atoms with E-state index < -0.39 is 0 Å². The Balaban J connectivity index is 2.05. The van der Waals surface area contributed by atoms with Gasteiger partial charge in [0.1, 0.15) is 28.4 Å². The standard InChI is InChI=1S/C21H23NO4S/c1-4-25-21-18(13-27-15-8-6-5-7-9-15)26-17-10-14(12-23)20(24)16(19(17)21)11-22(2)3/h5-10,18,24H,4,11,13H2,1-3H3. The summed E-state index contributed by atoms with van der Waals surface area (Å²) in [7, 11) is 3.81. The summed E-state index contributed by atoms with van der Waals surface area (Å²) in [4.78, 5) is 14.3. The van der Waals surface area contributed by atoms with Crippen molar-refractivity contribution in [3.63, 3.8) is 0 Å². The first-order valence-corrected chi connectivity index (χ1v) is 9.80. The zero-order chi connectivity index (χ0) is 19.4. The number of ether oxygens (including phenoxy) is 2. The Morgan fingerprint density at radius 3 is 2.67 bits per heavy atom. The highest BCUT2D eigenvalue weighted by Gasteiger charge is 2.30. The number of rotatable bonds is 7. The molecule has 2 aromatic rings. The van der Waals surface area contributed by atoms with Crippen molar-refractivity contribution in [2.45, 2.75) is 24.5 Å². The molecule has 0 aromatic heterocycles. The van der Waals surface area contributed by atoms with Crippen LogP contribution in [0.4, 0.5) is 0 Å². The van der Waals surface area contributed by atoms with E-state index in [9.17, 15) is 9.90 Å². The summed E-state index contributed by atoms with van der Waals surface area (Å²) in [5.74, 6) is 3.68. The van der Waals surface area contributed by atoms with Crippen LogP contribution in [0.5, 0.6) is 11.5 Å². The number of fused-ring (bicyclic) bond motifs is 1. The SMILES string of the molecule is CCOC1=c2c(cc(=C=O)c(O)c2CN(C)C)OC1CSc1ccccc1. The maximum Gasteiger partial charge on any atom is 0.165 e. The molecule has 0 amide bonds. The van der Waals surface area contributed by atoms with Crippen LogP contribution in [0.1, 0.15) is 12.5 Å². The van der Waals surface area contributed by atoms with Crippen LogP contribution in [0.2, 0.25) is 0 Å². The molecule has 0 spiro atoms. The van der Waals surface area contributed by atoms with Crippen LogP contribution in [0.15, 0.2) is 41.3 Å². The molecule has 6 heteroatoms. The van der Waals surface area contributed by atoms with Crippen molar-refractivity contribution in [3.05, 3.63) is 52.4 Å². The van der Waals surface area contributed by atoms with Crippen molar-refractivity contribution in [2.75, 3.05) is 26.5 Å². The average molecular weight is 385 g/mol. The molecule has 0 bridgehead atoms. The molecular formula is C21H23NO4S. The fraction of sp³-hybridized carbons (Fsp3) is 0.333. The lowest BCUT2D eigenvalue weighted by atomic mass is 10.1. The summed E-state index contributed by atoms with van der Waals surface area (Å²) in [6.45, 7) is 2.88. The topological polar surface area (TPSA) is 59.0 Å². The predicted molar refractivity (Wildman–Crippen MR) is 106 cm³/mol. The minimum atomic E-state index is -0.285. The summed E-state index contributed by atoms with van der Waals surface area (Å²) < 4.78 is 12.1. The second-order valence-electron chi connectivity index (χ2n) is 6.49. The Hall–Kier alpha value is -2.40. The number of phenolic OH excluding ortho intramolecular Hbond substituents is 1. The van der Waals surface area contributed by atoms with Crippen LogP contribution in [0.25, 0.3) is 5.76 Å². The van der Waals surface area contributed by atoms with Gasteiger partial charge in [-0.05, 0) is 33.2 Å². The van der Waals surface area contributed by atoms with E-state index in [1.807, 2.05) is 44.1 Å². The number of hydrogen-bond acceptors (Lipinski definition) is 6. The normalized spacial score (nSPS) is 15.4. The first-order chi connectivity index (χ1) is 13.0. The molecule has 27 heavy (non-hydrogen) atoms. The smallest absolute Gasteiger partial charge is 0.165 e. The third-order valence-corrected chi connectivity index (χ3v) is 5.28. The van der Waals surface area contributed by atoms with Crippen molar-refractivity contribution in [1.29, 1.82) is 0 Å². The molecule has 0 saturated carbocycles. The van der Waals surface area contributed by atoms with Crippen LogP contribution in [0.3, 0.4) is 0 Å². The van der Waals surface area contributed by atoms with E-state index in [-0.39, 0.29) is 17.1 Å². The highest BCUT2D eigenvalue weighted by molar-refractivity contribution is 7.99. The average Bonchev–Trinajstić information content (AvgIpc) is 3.00. The van der Waals surface area contributed by atoms with E-state index in [2.05, 4.69) is 12.1 Å². The van der Waals surface area contributed by atoms with Crippen molar-refractivity contribution < 1.29 is 19.4 Å². The van der Waals surface area contributed by atoms with Crippen LogP contribution in [-0.4, -0.2) is 48.5 Å². The lowest BCUT2D eigenvalue weighted by Crippen LogP contribution is -2.24. The minimum absolute atomic E-state index is 0.0605. The number of carbonyl (C=O) groups excluding carboxylic acids is 1. The lowest BCUT2D eigenvalue weighted by molar-refractivity contribution is 0.211. The van der Waals surface area contributed by atoms with Gasteiger partial charge in [0.15, 0.2) is 6.10 Å². The molecule has 1 N–H and O–H groups in total. The van der Waals surface area contributed by atoms with Gasteiger partial charge in [-0.2, -0.15) is 0 Å². The Morgan fingerprint density at radius 2 is 2.04 bits per heavy atom. The fourth-order valence-corrected chi connectivity index (χ4v) is 4.01. The van der Waals surface area contributed by atoms with E-state index >= 15 is 0 Å². The van der Waals surface area contributed by atoms with Gasteiger partial charge in [0.05, 0.1) is 11.8 Å². The van der Waals surface area contributed by atoms with Crippen LogP contribution < -0.4 is 15.2 Å². The van der Waals surface area contributed by atoms with E-state index in [0.717, 1.165) is 10.1 Å². The number of benzene rings is 2. The van der Waals surface area contributed by atoms with Crippen LogP contribution in [-0.2, 0) is 16.1 Å². The third kappa shape index (κ3) is 4.14. The molecule has 0 fully saturated rings. The maximum absolute atomic E-state index is 11.3. The highest BCUT2D eigenvalue weighted by atomic mass is 32.2. The second-order valence-corrected chi connectivity index (χ2v) is 7.59. The second kappa shape index (κ2) is 8.53. The Kier molecular flexibility index (Phi) is 6.11. The summed E-state index contributed by atoms with van der Waals surface area (Å²) in [6, 6.07) is 11.6. The first kappa shape index (κ1) is 19.4. The van der Waals surface area contributed by atoms with Crippen molar-refractivity contribution >= 4 is 23.5 Å². The van der Waals surface area contributed by atoms with Gasteiger partial charge < -0.3 is 19.5 Å². The Morgan fingerprint density at radius 1 is 1.30 bits per heavy atom. The van der Waals surface area contributed by atoms with Crippen molar-refractivity contribution in [1.82, 2.24) is 4.90 Å². The van der Waals surface area contributed by atoms with Crippen LogP contribution >= 0.6 is 11.8 Å². The summed E-state index contributed by atoms with van der Waals surface area (Å²) in [6.07, 6.45) is -0.285. The first-order valence-electron chi connectivity index (χ1n) is 8.81. The number of hydrogen-bond donors (Lipinski definition) is 1. The number of thioether (sulfide) groups is 1. The third-order valence-electron chi connectivity index (χ3n) is 4.20. The molecule has 5 nitrogen and oxygen atoms in total. The van der Waals surface area contributed by atoms with Gasteiger partial charge >= 0.3 is 0 Å². The highest BCUT2D eigenvalue weighted by Crippen LogP contribution is 2.29. The zero-order valence-electron chi connectivity index (χ0n) is 15.7. The number of aromatic hydroxyl groups is 1. The molecule has 1 aliphatic rings.